The maximum atomic E-state index is 5.32. The number of rotatable bonds is 6. The van der Waals surface area contributed by atoms with Crippen molar-refractivity contribution in [1.29, 1.82) is 0 Å². The molecule has 1 saturated heterocycles. The van der Waals surface area contributed by atoms with Crippen LogP contribution in [-0.2, 0) is 13.5 Å². The Bertz CT molecular complexity index is 617. The molecule has 0 atom stereocenters. The highest BCUT2D eigenvalue weighted by Crippen LogP contribution is 2.24. The predicted octanol–water partition coefficient (Wildman–Crippen LogP) is 2.23. The molecule has 3 rings (SSSR count). The Balaban J connectivity index is 1.43. The smallest absolute Gasteiger partial charge is 0.120 e. The maximum Gasteiger partial charge on any atom is 0.120 e. The molecule has 1 aliphatic heterocycles. The Hall–Kier alpha value is -2.01. The number of hydrogen-bond acceptors (Lipinski definition) is 4. The molecule has 0 amide bonds. The molecule has 1 aliphatic rings. The molecule has 0 aliphatic carbocycles. The number of nitrogens with zero attached hydrogens (tertiary/aromatic N) is 3. The first kappa shape index (κ1) is 15.9. The Morgan fingerprint density at radius 1 is 1.30 bits per heavy atom. The number of nitrogens with one attached hydrogen (secondary N) is 1. The number of methoxy groups -OCH3 is 1. The van der Waals surface area contributed by atoms with Gasteiger partial charge in [0.15, 0.2) is 0 Å². The van der Waals surface area contributed by atoms with E-state index in [0.29, 0.717) is 6.04 Å². The van der Waals surface area contributed by atoms with E-state index in [0.717, 1.165) is 31.8 Å². The fraction of sp³-hybridized carbons (Fsp3) is 0.500. The van der Waals surface area contributed by atoms with Gasteiger partial charge in [0.05, 0.1) is 13.3 Å². The first-order valence-electron chi connectivity index (χ1n) is 8.34. The van der Waals surface area contributed by atoms with E-state index in [1.165, 1.54) is 24.1 Å². The van der Waals surface area contributed by atoms with Crippen molar-refractivity contribution in [1.82, 2.24) is 15.1 Å². The van der Waals surface area contributed by atoms with E-state index >= 15 is 0 Å². The molecule has 1 N–H and O–H groups in total. The van der Waals surface area contributed by atoms with Gasteiger partial charge in [-0.25, -0.2) is 0 Å². The second-order valence-corrected chi connectivity index (χ2v) is 6.19. The zero-order valence-electron chi connectivity index (χ0n) is 14.0. The van der Waals surface area contributed by atoms with Crippen molar-refractivity contribution >= 4 is 5.69 Å². The van der Waals surface area contributed by atoms with Gasteiger partial charge in [-0.1, -0.05) is 6.07 Å². The predicted molar refractivity (Wildman–Crippen MR) is 93.1 cm³/mol. The van der Waals surface area contributed by atoms with Gasteiger partial charge in [-0.2, -0.15) is 5.10 Å². The molecule has 2 aromatic rings. The molecule has 0 unspecified atom stereocenters. The third-order valence-electron chi connectivity index (χ3n) is 4.52. The van der Waals surface area contributed by atoms with Gasteiger partial charge in [0.2, 0.25) is 0 Å². The minimum absolute atomic E-state index is 0.619. The number of benzene rings is 1. The Labute approximate surface area is 138 Å². The van der Waals surface area contributed by atoms with E-state index in [9.17, 15) is 0 Å². The SMILES string of the molecule is COc1cccc(N2CCC(NCCc3cnn(C)c3)CC2)c1. The van der Waals surface area contributed by atoms with Crippen LogP contribution in [0.3, 0.4) is 0 Å². The van der Waals surface area contributed by atoms with Gasteiger partial charge in [0, 0.05) is 44.1 Å². The number of piperidine rings is 1. The van der Waals surface area contributed by atoms with Gasteiger partial charge in [-0.15, -0.1) is 0 Å². The molecule has 5 nitrogen and oxygen atoms in total. The molecule has 0 bridgehead atoms. The number of ether oxygens (including phenoxy) is 1. The normalized spacial score (nSPS) is 15.8. The molecule has 23 heavy (non-hydrogen) atoms. The van der Waals surface area contributed by atoms with E-state index in [1.54, 1.807) is 7.11 Å². The molecular weight excluding hydrogens is 288 g/mol. The Morgan fingerprint density at radius 3 is 2.83 bits per heavy atom. The van der Waals surface area contributed by atoms with E-state index in [-0.39, 0.29) is 0 Å². The summed E-state index contributed by atoms with van der Waals surface area (Å²) >= 11 is 0. The van der Waals surface area contributed by atoms with E-state index in [2.05, 4.69) is 39.7 Å². The summed E-state index contributed by atoms with van der Waals surface area (Å²) in [5, 5.41) is 7.90. The average molecular weight is 314 g/mol. The standard InChI is InChI=1S/C18H26N4O/c1-21-14-15(13-20-21)6-9-19-16-7-10-22(11-8-16)17-4-3-5-18(12-17)23-2/h3-5,12-14,16,19H,6-11H2,1-2H3. The van der Waals surface area contributed by atoms with Crippen LogP contribution < -0.4 is 15.0 Å². The number of aryl methyl sites for hydroxylation is 1. The molecule has 2 heterocycles. The highest BCUT2D eigenvalue weighted by molar-refractivity contribution is 5.51. The van der Waals surface area contributed by atoms with Crippen LogP contribution in [0.5, 0.6) is 5.75 Å². The van der Waals surface area contributed by atoms with Crippen LogP contribution in [0.4, 0.5) is 5.69 Å². The lowest BCUT2D eigenvalue weighted by molar-refractivity contribution is 0.410. The lowest BCUT2D eigenvalue weighted by Crippen LogP contribution is -2.43. The van der Waals surface area contributed by atoms with Crippen LogP contribution in [0.2, 0.25) is 0 Å². The topological polar surface area (TPSA) is 42.3 Å². The van der Waals surface area contributed by atoms with Crippen molar-refractivity contribution in [2.24, 2.45) is 7.05 Å². The van der Waals surface area contributed by atoms with Crippen LogP contribution in [0, 0.1) is 0 Å². The summed E-state index contributed by atoms with van der Waals surface area (Å²) in [6, 6.07) is 8.96. The minimum atomic E-state index is 0.619. The van der Waals surface area contributed by atoms with E-state index in [1.807, 2.05) is 24.0 Å². The van der Waals surface area contributed by atoms with Crippen molar-refractivity contribution in [3.05, 3.63) is 42.2 Å². The lowest BCUT2D eigenvalue weighted by atomic mass is 10.0. The van der Waals surface area contributed by atoms with Crippen molar-refractivity contribution in [2.75, 3.05) is 31.6 Å². The average Bonchev–Trinajstić information content (AvgIpc) is 3.01. The zero-order chi connectivity index (χ0) is 16.1. The van der Waals surface area contributed by atoms with Gasteiger partial charge in [-0.05, 0) is 43.5 Å². The molecule has 1 aromatic heterocycles. The molecule has 124 valence electrons. The van der Waals surface area contributed by atoms with Gasteiger partial charge in [0.1, 0.15) is 5.75 Å². The zero-order valence-corrected chi connectivity index (χ0v) is 14.0. The third-order valence-corrected chi connectivity index (χ3v) is 4.52. The summed E-state index contributed by atoms with van der Waals surface area (Å²) in [5.41, 5.74) is 2.56. The van der Waals surface area contributed by atoms with Crippen molar-refractivity contribution in [3.8, 4) is 5.75 Å². The maximum absolute atomic E-state index is 5.32. The van der Waals surface area contributed by atoms with Gasteiger partial charge < -0.3 is 15.0 Å². The van der Waals surface area contributed by atoms with Crippen molar-refractivity contribution in [2.45, 2.75) is 25.3 Å². The van der Waals surface area contributed by atoms with Crippen molar-refractivity contribution in [3.63, 3.8) is 0 Å². The fourth-order valence-electron chi connectivity index (χ4n) is 3.17. The van der Waals surface area contributed by atoms with Crippen LogP contribution in [-0.4, -0.2) is 42.6 Å². The third kappa shape index (κ3) is 4.26. The van der Waals surface area contributed by atoms with Gasteiger partial charge >= 0.3 is 0 Å². The summed E-state index contributed by atoms with van der Waals surface area (Å²) in [4.78, 5) is 2.45. The summed E-state index contributed by atoms with van der Waals surface area (Å²) in [6.45, 7) is 3.21. The molecule has 0 radical (unpaired) electrons. The molecule has 1 fully saturated rings. The first-order chi connectivity index (χ1) is 11.2. The summed E-state index contributed by atoms with van der Waals surface area (Å²) in [5.74, 6) is 0.930. The highest BCUT2D eigenvalue weighted by atomic mass is 16.5. The fourth-order valence-corrected chi connectivity index (χ4v) is 3.17. The Kier molecular flexibility index (Phi) is 5.18. The number of hydrogen-bond donors (Lipinski definition) is 1. The van der Waals surface area contributed by atoms with E-state index < -0.39 is 0 Å². The van der Waals surface area contributed by atoms with Crippen LogP contribution in [0.25, 0.3) is 0 Å². The van der Waals surface area contributed by atoms with E-state index in [4.69, 9.17) is 4.74 Å². The molecule has 1 aromatic carbocycles. The van der Waals surface area contributed by atoms with Crippen LogP contribution >= 0.6 is 0 Å². The van der Waals surface area contributed by atoms with Gasteiger partial charge in [-0.3, -0.25) is 4.68 Å². The second-order valence-electron chi connectivity index (χ2n) is 6.19. The summed E-state index contributed by atoms with van der Waals surface area (Å²) in [7, 11) is 3.68. The molecule has 0 spiro atoms. The summed E-state index contributed by atoms with van der Waals surface area (Å²) in [6.07, 6.45) is 7.46. The highest BCUT2D eigenvalue weighted by Gasteiger charge is 2.19. The lowest BCUT2D eigenvalue weighted by Gasteiger charge is -2.34. The first-order valence-corrected chi connectivity index (χ1v) is 8.34. The summed E-state index contributed by atoms with van der Waals surface area (Å²) < 4.78 is 7.18. The monoisotopic (exact) mass is 314 g/mol. The number of anilines is 1. The minimum Gasteiger partial charge on any atom is -0.497 e. The van der Waals surface area contributed by atoms with Gasteiger partial charge in [0.25, 0.3) is 0 Å². The van der Waals surface area contributed by atoms with Crippen molar-refractivity contribution < 1.29 is 4.74 Å². The molecule has 5 heteroatoms. The largest absolute Gasteiger partial charge is 0.497 e. The second kappa shape index (κ2) is 7.51. The quantitative estimate of drug-likeness (QED) is 0.888. The Morgan fingerprint density at radius 2 is 2.13 bits per heavy atom. The van der Waals surface area contributed by atoms with Crippen LogP contribution in [0.15, 0.2) is 36.7 Å². The number of aromatic nitrogens is 2. The van der Waals surface area contributed by atoms with Crippen LogP contribution in [0.1, 0.15) is 18.4 Å². The molecule has 0 saturated carbocycles. The molecular formula is C18H26N4O.